The van der Waals surface area contributed by atoms with E-state index in [1.807, 2.05) is 12.1 Å². The van der Waals surface area contributed by atoms with Crippen molar-refractivity contribution in [3.8, 4) is 11.6 Å². The van der Waals surface area contributed by atoms with Crippen molar-refractivity contribution in [2.75, 3.05) is 0 Å². The Labute approximate surface area is 128 Å². The van der Waals surface area contributed by atoms with Gasteiger partial charge in [0.15, 0.2) is 0 Å². The van der Waals surface area contributed by atoms with Gasteiger partial charge in [-0.3, -0.25) is 0 Å². The van der Waals surface area contributed by atoms with Crippen molar-refractivity contribution in [3.05, 3.63) is 46.3 Å². The standard InChI is InChI=1S/C16H19BrN2O/c1-10(2)12-6-5-7-13(8-12)20-15-9-14(17)18-16(19-15)11(3)4/h5-11H,1-4H3. The summed E-state index contributed by atoms with van der Waals surface area (Å²) >= 11 is 3.40. The molecule has 1 heterocycles. The largest absolute Gasteiger partial charge is 0.439 e. The van der Waals surface area contributed by atoms with Crippen LogP contribution in [0.25, 0.3) is 0 Å². The molecular formula is C16H19BrN2O. The third kappa shape index (κ3) is 3.79. The van der Waals surface area contributed by atoms with E-state index in [1.165, 1.54) is 5.56 Å². The van der Waals surface area contributed by atoms with Crippen LogP contribution in [0.5, 0.6) is 11.6 Å². The first-order valence-electron chi connectivity index (χ1n) is 6.78. The van der Waals surface area contributed by atoms with Crippen molar-refractivity contribution >= 4 is 15.9 Å². The van der Waals surface area contributed by atoms with E-state index in [-0.39, 0.29) is 5.92 Å². The molecule has 0 atom stereocenters. The van der Waals surface area contributed by atoms with Gasteiger partial charge in [-0.25, -0.2) is 4.98 Å². The molecule has 1 aromatic carbocycles. The van der Waals surface area contributed by atoms with Crippen LogP contribution in [0.3, 0.4) is 0 Å². The van der Waals surface area contributed by atoms with Gasteiger partial charge in [0.1, 0.15) is 16.2 Å². The second-order valence-electron chi connectivity index (χ2n) is 5.37. The van der Waals surface area contributed by atoms with Crippen LogP contribution in [0.15, 0.2) is 34.9 Å². The molecule has 0 amide bonds. The molecule has 1 aromatic heterocycles. The third-order valence-electron chi connectivity index (χ3n) is 2.95. The van der Waals surface area contributed by atoms with Crippen molar-refractivity contribution in [2.24, 2.45) is 0 Å². The summed E-state index contributed by atoms with van der Waals surface area (Å²) in [7, 11) is 0. The van der Waals surface area contributed by atoms with Crippen LogP contribution < -0.4 is 4.74 Å². The zero-order valence-corrected chi connectivity index (χ0v) is 13.8. The zero-order valence-electron chi connectivity index (χ0n) is 12.2. The lowest BCUT2D eigenvalue weighted by atomic mass is 10.0. The highest BCUT2D eigenvalue weighted by atomic mass is 79.9. The minimum Gasteiger partial charge on any atom is -0.439 e. The Morgan fingerprint density at radius 2 is 1.75 bits per heavy atom. The summed E-state index contributed by atoms with van der Waals surface area (Å²) < 4.78 is 6.60. The molecule has 4 heteroatoms. The average Bonchev–Trinajstić information content (AvgIpc) is 2.38. The van der Waals surface area contributed by atoms with Gasteiger partial charge in [0, 0.05) is 12.0 Å². The first-order valence-corrected chi connectivity index (χ1v) is 7.57. The minimum absolute atomic E-state index is 0.261. The Morgan fingerprint density at radius 1 is 1.00 bits per heavy atom. The van der Waals surface area contributed by atoms with E-state index in [0.717, 1.165) is 16.2 Å². The Kier molecular flexibility index (Phi) is 4.76. The molecule has 106 valence electrons. The van der Waals surface area contributed by atoms with Crippen LogP contribution in [0, 0.1) is 0 Å². The van der Waals surface area contributed by atoms with Crippen LogP contribution >= 0.6 is 15.9 Å². The summed E-state index contributed by atoms with van der Waals surface area (Å²) in [6.07, 6.45) is 0. The van der Waals surface area contributed by atoms with Crippen LogP contribution in [0.1, 0.15) is 50.9 Å². The van der Waals surface area contributed by atoms with Gasteiger partial charge in [0.2, 0.25) is 5.88 Å². The monoisotopic (exact) mass is 334 g/mol. The van der Waals surface area contributed by atoms with Crippen LogP contribution in [0.4, 0.5) is 0 Å². The Balaban J connectivity index is 2.27. The lowest BCUT2D eigenvalue weighted by Gasteiger charge is -2.11. The molecule has 0 spiro atoms. The van der Waals surface area contributed by atoms with E-state index in [1.54, 1.807) is 6.07 Å². The van der Waals surface area contributed by atoms with E-state index < -0.39 is 0 Å². The minimum atomic E-state index is 0.261. The van der Waals surface area contributed by atoms with Gasteiger partial charge in [0.25, 0.3) is 0 Å². The zero-order chi connectivity index (χ0) is 14.7. The summed E-state index contributed by atoms with van der Waals surface area (Å²) in [5.74, 6) is 2.88. The highest BCUT2D eigenvalue weighted by molar-refractivity contribution is 9.10. The molecule has 2 aromatic rings. The highest BCUT2D eigenvalue weighted by Crippen LogP contribution is 2.26. The molecule has 0 saturated heterocycles. The second-order valence-corrected chi connectivity index (χ2v) is 6.18. The predicted octanol–water partition coefficient (Wildman–Crippen LogP) is 5.28. The first kappa shape index (κ1) is 15.0. The molecule has 0 aliphatic heterocycles. The Morgan fingerprint density at radius 3 is 2.40 bits per heavy atom. The van der Waals surface area contributed by atoms with Gasteiger partial charge in [-0.2, -0.15) is 4.98 Å². The summed E-state index contributed by atoms with van der Waals surface area (Å²) in [5.41, 5.74) is 1.25. The second kappa shape index (κ2) is 6.35. The maximum atomic E-state index is 5.86. The van der Waals surface area contributed by atoms with Gasteiger partial charge in [-0.15, -0.1) is 0 Å². The molecule has 0 saturated carbocycles. The molecule has 3 nitrogen and oxygen atoms in total. The van der Waals surface area contributed by atoms with Crippen LogP contribution in [0.2, 0.25) is 0 Å². The van der Waals surface area contributed by atoms with Gasteiger partial charge in [0.05, 0.1) is 0 Å². The third-order valence-corrected chi connectivity index (χ3v) is 3.36. The van der Waals surface area contributed by atoms with E-state index in [4.69, 9.17) is 4.74 Å². The fourth-order valence-corrected chi connectivity index (χ4v) is 2.16. The van der Waals surface area contributed by atoms with E-state index >= 15 is 0 Å². The van der Waals surface area contributed by atoms with Crippen molar-refractivity contribution in [3.63, 3.8) is 0 Å². The van der Waals surface area contributed by atoms with Crippen molar-refractivity contribution in [1.29, 1.82) is 0 Å². The van der Waals surface area contributed by atoms with Crippen molar-refractivity contribution < 1.29 is 4.74 Å². The summed E-state index contributed by atoms with van der Waals surface area (Å²) in [6.45, 7) is 8.45. The smallest absolute Gasteiger partial charge is 0.223 e. The normalized spacial score (nSPS) is 11.2. The predicted molar refractivity (Wildman–Crippen MR) is 84.4 cm³/mol. The number of hydrogen-bond acceptors (Lipinski definition) is 3. The molecule has 0 unspecified atom stereocenters. The van der Waals surface area contributed by atoms with E-state index in [0.29, 0.717) is 11.8 Å². The summed E-state index contributed by atoms with van der Waals surface area (Å²) in [4.78, 5) is 8.79. The van der Waals surface area contributed by atoms with E-state index in [2.05, 4.69) is 65.7 Å². The quantitative estimate of drug-likeness (QED) is 0.713. The molecule has 0 fully saturated rings. The number of rotatable bonds is 4. The average molecular weight is 335 g/mol. The molecule has 0 bridgehead atoms. The number of ether oxygens (including phenoxy) is 1. The van der Waals surface area contributed by atoms with Gasteiger partial charge in [-0.05, 0) is 39.5 Å². The molecular weight excluding hydrogens is 316 g/mol. The Hall–Kier alpha value is -1.42. The molecule has 0 aliphatic rings. The Bertz CT molecular complexity index is 597. The first-order chi connectivity index (χ1) is 9.45. The number of nitrogens with zero attached hydrogens (tertiary/aromatic N) is 2. The highest BCUT2D eigenvalue weighted by Gasteiger charge is 2.09. The summed E-state index contributed by atoms with van der Waals surface area (Å²) in [6, 6.07) is 9.89. The molecule has 20 heavy (non-hydrogen) atoms. The SMILES string of the molecule is CC(C)c1cccc(Oc2cc(Br)nc(C(C)C)n2)c1. The van der Waals surface area contributed by atoms with Crippen molar-refractivity contribution in [2.45, 2.75) is 39.5 Å². The van der Waals surface area contributed by atoms with Gasteiger partial charge < -0.3 is 4.74 Å². The number of hydrogen-bond donors (Lipinski definition) is 0. The maximum absolute atomic E-state index is 5.86. The number of benzene rings is 1. The van der Waals surface area contributed by atoms with Gasteiger partial charge >= 0.3 is 0 Å². The fourth-order valence-electron chi connectivity index (χ4n) is 1.78. The van der Waals surface area contributed by atoms with Gasteiger partial charge in [-0.1, -0.05) is 39.8 Å². The topological polar surface area (TPSA) is 35.0 Å². The molecule has 0 radical (unpaired) electrons. The summed E-state index contributed by atoms with van der Waals surface area (Å²) in [5, 5.41) is 0. The van der Waals surface area contributed by atoms with Crippen LogP contribution in [-0.4, -0.2) is 9.97 Å². The maximum Gasteiger partial charge on any atom is 0.223 e. The number of halogens is 1. The van der Waals surface area contributed by atoms with Crippen LogP contribution in [-0.2, 0) is 0 Å². The molecule has 0 aliphatic carbocycles. The lowest BCUT2D eigenvalue weighted by Crippen LogP contribution is -2.00. The van der Waals surface area contributed by atoms with Crippen molar-refractivity contribution in [1.82, 2.24) is 9.97 Å². The lowest BCUT2D eigenvalue weighted by molar-refractivity contribution is 0.455. The fraction of sp³-hybridized carbons (Fsp3) is 0.375. The number of aromatic nitrogens is 2. The molecule has 0 N–H and O–H groups in total. The molecule has 2 rings (SSSR count). The van der Waals surface area contributed by atoms with E-state index in [9.17, 15) is 0 Å².